The van der Waals surface area contributed by atoms with Crippen LogP contribution in [0.3, 0.4) is 0 Å². The minimum absolute atomic E-state index is 0.0179. The van der Waals surface area contributed by atoms with E-state index >= 15 is 0 Å². The summed E-state index contributed by atoms with van der Waals surface area (Å²) in [5.41, 5.74) is 3.59. The number of para-hydroxylation sites is 1. The van der Waals surface area contributed by atoms with E-state index in [2.05, 4.69) is 48.9 Å². The van der Waals surface area contributed by atoms with Crippen molar-refractivity contribution in [2.45, 2.75) is 52.4 Å². The number of hydrogen-bond acceptors (Lipinski definition) is 3. The fourth-order valence-corrected chi connectivity index (χ4v) is 7.82. The molecule has 1 saturated heterocycles. The quantitative estimate of drug-likeness (QED) is 0.443. The second kappa shape index (κ2) is 7.73. The van der Waals surface area contributed by atoms with Gasteiger partial charge in [0.25, 0.3) is 0 Å². The zero-order valence-corrected chi connectivity index (χ0v) is 19.6. The molecule has 0 saturated carbocycles. The SMILES string of the molecule is C/C=C(\C1CC2c3[nH]c4ccccc4c3CCN2C(=O)C1C(=O)OCC)[Si](C)(C)C. The highest BCUT2D eigenvalue weighted by atomic mass is 28.3. The molecule has 1 N–H and O–H groups in total. The van der Waals surface area contributed by atoms with Gasteiger partial charge in [-0.25, -0.2) is 0 Å². The average Bonchev–Trinajstić information content (AvgIpc) is 3.07. The van der Waals surface area contributed by atoms with Crippen molar-refractivity contribution in [3.8, 4) is 0 Å². The van der Waals surface area contributed by atoms with Gasteiger partial charge in [-0.1, -0.05) is 49.1 Å². The average molecular weight is 425 g/mol. The zero-order chi connectivity index (χ0) is 21.6. The summed E-state index contributed by atoms with van der Waals surface area (Å²) in [5, 5.41) is 2.54. The molecule has 30 heavy (non-hydrogen) atoms. The normalized spacial score (nSPS) is 24.6. The van der Waals surface area contributed by atoms with Crippen LogP contribution in [0.4, 0.5) is 0 Å². The van der Waals surface area contributed by atoms with E-state index in [0.29, 0.717) is 13.2 Å². The van der Waals surface area contributed by atoms with Gasteiger partial charge < -0.3 is 14.6 Å². The number of aromatic amines is 1. The Morgan fingerprint density at radius 3 is 2.70 bits per heavy atom. The highest BCUT2D eigenvalue weighted by Crippen LogP contribution is 2.47. The van der Waals surface area contributed by atoms with Gasteiger partial charge in [-0.15, -0.1) is 0 Å². The number of rotatable bonds is 4. The highest BCUT2D eigenvalue weighted by molar-refractivity contribution is 6.83. The minimum atomic E-state index is -1.72. The molecule has 0 bridgehead atoms. The smallest absolute Gasteiger partial charge is 0.319 e. The van der Waals surface area contributed by atoms with Crippen molar-refractivity contribution in [3.63, 3.8) is 0 Å². The molecular formula is C24H32N2O3Si. The summed E-state index contributed by atoms with van der Waals surface area (Å²) >= 11 is 0. The van der Waals surface area contributed by atoms with Crippen LogP contribution in [0, 0.1) is 11.8 Å². The first-order valence-corrected chi connectivity index (χ1v) is 14.5. The number of allylic oxidation sites excluding steroid dienone is 2. The van der Waals surface area contributed by atoms with E-state index in [1.807, 2.05) is 17.9 Å². The number of amides is 1. The van der Waals surface area contributed by atoms with Crippen molar-refractivity contribution in [2.75, 3.05) is 13.2 Å². The van der Waals surface area contributed by atoms with Gasteiger partial charge in [0.05, 0.1) is 20.7 Å². The number of H-pyrrole nitrogens is 1. The van der Waals surface area contributed by atoms with Crippen LogP contribution >= 0.6 is 0 Å². The van der Waals surface area contributed by atoms with Crippen LogP contribution in [0.5, 0.6) is 0 Å². The van der Waals surface area contributed by atoms with Gasteiger partial charge in [-0.3, -0.25) is 9.59 Å². The molecule has 3 heterocycles. The molecule has 6 heteroatoms. The number of nitrogens with one attached hydrogen (secondary N) is 1. The Bertz CT molecular complexity index is 1020. The molecule has 1 aromatic carbocycles. The molecule has 1 amide bonds. The molecule has 0 radical (unpaired) electrons. The zero-order valence-electron chi connectivity index (χ0n) is 18.6. The first-order valence-electron chi connectivity index (χ1n) is 11.0. The molecule has 2 aromatic rings. The number of fused-ring (bicyclic) bond motifs is 5. The Morgan fingerprint density at radius 2 is 2.03 bits per heavy atom. The summed E-state index contributed by atoms with van der Waals surface area (Å²) in [6, 6.07) is 8.34. The summed E-state index contributed by atoms with van der Waals surface area (Å²) in [5.74, 6) is -1.28. The topological polar surface area (TPSA) is 62.4 Å². The Kier molecular flexibility index (Phi) is 5.39. The van der Waals surface area contributed by atoms with Gasteiger partial charge in [-0.05, 0) is 38.3 Å². The fourth-order valence-electron chi connectivity index (χ4n) is 5.56. The lowest BCUT2D eigenvalue weighted by Gasteiger charge is -2.47. The molecule has 0 spiro atoms. The number of nitrogens with zero attached hydrogens (tertiary/aromatic N) is 1. The molecule has 3 unspecified atom stereocenters. The monoisotopic (exact) mass is 424 g/mol. The Balaban J connectivity index is 1.81. The van der Waals surface area contributed by atoms with Crippen molar-refractivity contribution in [1.82, 2.24) is 9.88 Å². The number of hydrogen-bond donors (Lipinski definition) is 1. The number of esters is 1. The molecule has 4 rings (SSSR count). The number of aromatic nitrogens is 1. The third-order valence-electron chi connectivity index (χ3n) is 6.70. The Labute approximate surface area is 179 Å². The van der Waals surface area contributed by atoms with Gasteiger partial charge in [0.2, 0.25) is 5.91 Å². The van der Waals surface area contributed by atoms with Crippen molar-refractivity contribution >= 4 is 30.9 Å². The number of carbonyl (C=O) groups is 2. The van der Waals surface area contributed by atoms with Crippen LogP contribution < -0.4 is 0 Å². The van der Waals surface area contributed by atoms with Crippen molar-refractivity contribution in [3.05, 3.63) is 46.8 Å². The van der Waals surface area contributed by atoms with Crippen LogP contribution in [-0.4, -0.2) is 43.0 Å². The predicted molar refractivity (Wildman–Crippen MR) is 122 cm³/mol. The van der Waals surface area contributed by atoms with Crippen LogP contribution in [0.25, 0.3) is 10.9 Å². The lowest BCUT2D eigenvalue weighted by molar-refractivity contribution is -0.162. The van der Waals surface area contributed by atoms with Gasteiger partial charge in [0.15, 0.2) is 0 Å². The molecule has 2 aliphatic heterocycles. The molecule has 1 fully saturated rings. The third-order valence-corrected chi connectivity index (χ3v) is 9.10. The summed E-state index contributed by atoms with van der Waals surface area (Å²) in [6.45, 7) is 11.7. The summed E-state index contributed by atoms with van der Waals surface area (Å²) in [4.78, 5) is 32.1. The number of carbonyl (C=O) groups excluding carboxylic acids is 2. The molecule has 2 aliphatic rings. The van der Waals surface area contributed by atoms with Crippen LogP contribution in [0.2, 0.25) is 19.6 Å². The lowest BCUT2D eigenvalue weighted by Crippen LogP contribution is -2.54. The van der Waals surface area contributed by atoms with E-state index < -0.39 is 14.0 Å². The first-order chi connectivity index (χ1) is 14.3. The molecule has 0 aliphatic carbocycles. The summed E-state index contributed by atoms with van der Waals surface area (Å²) < 4.78 is 5.38. The Hall–Kier alpha value is -2.34. The molecule has 1 aromatic heterocycles. The van der Waals surface area contributed by atoms with E-state index in [0.717, 1.165) is 24.1 Å². The van der Waals surface area contributed by atoms with Crippen molar-refractivity contribution < 1.29 is 14.3 Å². The third kappa shape index (κ3) is 3.31. The Morgan fingerprint density at radius 1 is 1.30 bits per heavy atom. The largest absolute Gasteiger partial charge is 0.465 e. The van der Waals surface area contributed by atoms with Gasteiger partial charge in [0, 0.05) is 29.1 Å². The van der Waals surface area contributed by atoms with Crippen LogP contribution in [0.1, 0.15) is 37.6 Å². The van der Waals surface area contributed by atoms with Crippen LogP contribution in [-0.2, 0) is 20.7 Å². The van der Waals surface area contributed by atoms with Gasteiger partial charge in [0.1, 0.15) is 5.92 Å². The number of ether oxygens (including phenoxy) is 1. The van der Waals surface area contributed by atoms with Crippen molar-refractivity contribution in [1.29, 1.82) is 0 Å². The summed E-state index contributed by atoms with van der Waals surface area (Å²) in [6.07, 6.45) is 3.73. The second-order valence-corrected chi connectivity index (χ2v) is 14.5. The first kappa shape index (κ1) is 20.9. The molecule has 5 nitrogen and oxygen atoms in total. The molecule has 160 valence electrons. The highest BCUT2D eigenvalue weighted by Gasteiger charge is 2.51. The van der Waals surface area contributed by atoms with E-state index in [9.17, 15) is 9.59 Å². The standard InChI is InChI=1S/C24H32N2O3Si/c1-6-20(30(3,4)5)17-14-19-22-16(15-10-8-9-11-18(15)25-22)12-13-26(19)23(27)21(17)24(28)29-7-2/h6,8-11,17,19,21,25H,7,12-14H2,1-5H3/b20-6+. The van der Waals surface area contributed by atoms with Crippen LogP contribution in [0.15, 0.2) is 35.5 Å². The lowest BCUT2D eigenvalue weighted by atomic mass is 9.77. The van der Waals surface area contributed by atoms with Gasteiger partial charge in [-0.2, -0.15) is 0 Å². The van der Waals surface area contributed by atoms with E-state index in [1.165, 1.54) is 16.1 Å². The number of piperidine rings is 1. The maximum absolute atomic E-state index is 13.7. The maximum Gasteiger partial charge on any atom is 0.319 e. The molecular weight excluding hydrogens is 392 g/mol. The number of benzene rings is 1. The predicted octanol–water partition coefficient (Wildman–Crippen LogP) is 4.62. The van der Waals surface area contributed by atoms with E-state index in [4.69, 9.17) is 4.74 Å². The summed E-state index contributed by atoms with van der Waals surface area (Å²) in [7, 11) is -1.72. The second-order valence-electron chi connectivity index (χ2n) is 9.43. The maximum atomic E-state index is 13.7. The van der Waals surface area contributed by atoms with E-state index in [-0.39, 0.29) is 23.8 Å². The fraction of sp³-hybridized carbons (Fsp3) is 0.500. The van der Waals surface area contributed by atoms with E-state index in [1.54, 1.807) is 6.92 Å². The minimum Gasteiger partial charge on any atom is -0.465 e. The van der Waals surface area contributed by atoms with Gasteiger partial charge >= 0.3 is 5.97 Å². The molecule has 3 atom stereocenters. The van der Waals surface area contributed by atoms with Crippen molar-refractivity contribution in [2.24, 2.45) is 11.8 Å².